The highest BCUT2D eigenvalue weighted by Gasteiger charge is 2.21. The third-order valence-corrected chi connectivity index (χ3v) is 6.50. The van der Waals surface area contributed by atoms with E-state index in [-0.39, 0.29) is 29.0 Å². The second kappa shape index (κ2) is 11.8. The van der Waals surface area contributed by atoms with Crippen LogP contribution in [0.3, 0.4) is 0 Å². The lowest BCUT2D eigenvalue weighted by molar-refractivity contribution is -0.117. The molecule has 13 heteroatoms. The van der Waals surface area contributed by atoms with Crippen LogP contribution >= 0.6 is 30.1 Å². The zero-order valence-electron chi connectivity index (χ0n) is 18.9. The molecule has 2 amide bonds. The van der Waals surface area contributed by atoms with Crippen molar-refractivity contribution in [1.29, 1.82) is 0 Å². The molecule has 0 aliphatic heterocycles. The van der Waals surface area contributed by atoms with Crippen LogP contribution < -0.4 is 25.6 Å². The summed E-state index contributed by atoms with van der Waals surface area (Å²) >= 11 is 6.29. The van der Waals surface area contributed by atoms with Crippen molar-refractivity contribution in [2.75, 3.05) is 25.4 Å². The number of pyridine rings is 1. The molecule has 3 aromatic rings. The molecule has 2 aromatic heterocycles. The maximum atomic E-state index is 12.7. The summed E-state index contributed by atoms with van der Waals surface area (Å²) in [6.45, 7) is 0.0903. The molecule has 1 aromatic carbocycles. The molecule has 2 heterocycles. The summed E-state index contributed by atoms with van der Waals surface area (Å²) in [5.74, 6) is -1.20. The number of hydrogen-bond acceptors (Lipinski definition) is 7. The monoisotopic (exact) mass is 537 g/mol. The summed E-state index contributed by atoms with van der Waals surface area (Å²) in [5, 5.41) is 13.8. The van der Waals surface area contributed by atoms with Gasteiger partial charge in [0, 0.05) is 18.8 Å². The van der Waals surface area contributed by atoms with Gasteiger partial charge in [0.1, 0.15) is 0 Å². The second-order valence-electron chi connectivity index (χ2n) is 7.37. The lowest BCUT2D eigenvalue weighted by atomic mass is 10.1. The predicted octanol–water partition coefficient (Wildman–Crippen LogP) is 1.69. The molecule has 2 unspecified atom stereocenters. The van der Waals surface area contributed by atoms with E-state index >= 15 is 0 Å². The van der Waals surface area contributed by atoms with Crippen LogP contribution in [0.1, 0.15) is 21.7 Å². The number of nitrogens with zero attached hydrogens (tertiary/aromatic N) is 4. The Labute approximate surface area is 210 Å². The Morgan fingerprint density at radius 1 is 1.26 bits per heavy atom. The Balaban J connectivity index is 1.78. The number of likely N-dealkylation sites (N-methyl/N-ethyl adjacent to an activating group) is 1. The number of aromatic nitrogens is 3. The Morgan fingerprint density at radius 2 is 2.00 bits per heavy atom. The highest BCUT2D eigenvalue weighted by atomic mass is 35.5. The first-order chi connectivity index (χ1) is 16.7. The van der Waals surface area contributed by atoms with Crippen LogP contribution in [-0.4, -0.2) is 52.3 Å². The lowest BCUT2D eigenvalue weighted by Crippen LogP contribution is -2.39. The number of rotatable bonds is 8. The van der Waals surface area contributed by atoms with E-state index in [0.29, 0.717) is 22.1 Å². The molecule has 0 spiro atoms. The zero-order valence-corrected chi connectivity index (χ0v) is 21.9. The molecule has 0 bridgehead atoms. The van der Waals surface area contributed by atoms with Crippen LogP contribution in [0.25, 0.3) is 11.3 Å². The Hall–Kier alpha value is -2.77. The number of alkyl halides is 1. The molecule has 0 radical (unpaired) electrons. The number of carbonyl (C=O) groups is 2. The van der Waals surface area contributed by atoms with Crippen molar-refractivity contribution in [3.05, 3.63) is 52.6 Å². The third-order valence-electron chi connectivity index (χ3n) is 5.03. The number of amides is 2. The van der Waals surface area contributed by atoms with Crippen LogP contribution in [-0.2, 0) is 11.4 Å². The number of aliphatic hydroxyl groups excluding tert-OH is 1. The molecule has 2 N–H and O–H groups in total. The Morgan fingerprint density at radius 3 is 2.69 bits per heavy atom. The maximum Gasteiger partial charge on any atom is 0.289 e. The minimum Gasteiger partial charge on any atom is -0.459 e. The number of aryl methyl sites for hydroxylation is 1. The summed E-state index contributed by atoms with van der Waals surface area (Å²) < 4.78 is 17.6. The van der Waals surface area contributed by atoms with Gasteiger partial charge >= 0.3 is 0 Å². The van der Waals surface area contributed by atoms with Gasteiger partial charge in [-0.05, 0) is 34.7 Å². The molecule has 0 saturated heterocycles. The molecule has 0 aliphatic rings. The number of nitrogens with one attached hydrogen (secondary N) is 1. The number of anilines is 1. The number of benzene rings is 1. The van der Waals surface area contributed by atoms with E-state index in [0.717, 1.165) is 15.8 Å². The molecule has 35 heavy (non-hydrogen) atoms. The fraction of sp³-hybridized carbons (Fsp3) is 0.227. The largest absolute Gasteiger partial charge is 0.459 e. The molecular formula is C22H23ClFN5O4P2. The number of hydrogen-bond donors (Lipinski definition) is 2. The highest BCUT2D eigenvalue weighted by molar-refractivity contribution is 7.30. The Kier molecular flexibility index (Phi) is 9.03. The average molecular weight is 538 g/mol. The fourth-order valence-corrected chi connectivity index (χ4v) is 4.35. The molecule has 0 fully saturated rings. The van der Waals surface area contributed by atoms with E-state index in [4.69, 9.17) is 16.3 Å². The van der Waals surface area contributed by atoms with E-state index in [1.54, 1.807) is 25.1 Å². The summed E-state index contributed by atoms with van der Waals surface area (Å²) in [7, 11) is 6.52. The van der Waals surface area contributed by atoms with Crippen LogP contribution in [0.4, 0.5) is 10.2 Å². The molecular weight excluding hydrogens is 515 g/mol. The smallest absolute Gasteiger partial charge is 0.289 e. The van der Waals surface area contributed by atoms with E-state index in [1.807, 2.05) is 0 Å². The minimum absolute atomic E-state index is 0.104. The first-order valence-electron chi connectivity index (χ1n) is 10.2. The van der Waals surface area contributed by atoms with Gasteiger partial charge in [0.25, 0.3) is 5.91 Å². The van der Waals surface area contributed by atoms with E-state index in [1.165, 1.54) is 19.4 Å². The zero-order chi connectivity index (χ0) is 25.7. The van der Waals surface area contributed by atoms with Crippen molar-refractivity contribution < 1.29 is 23.8 Å². The van der Waals surface area contributed by atoms with Gasteiger partial charge in [-0.25, -0.2) is 19.3 Å². The molecule has 0 saturated carbocycles. The van der Waals surface area contributed by atoms with Gasteiger partial charge in [-0.1, -0.05) is 23.7 Å². The molecule has 3 rings (SSSR count). The Bertz CT molecular complexity index is 1280. The number of halogens is 2. The van der Waals surface area contributed by atoms with Crippen LogP contribution in [0.15, 0.2) is 30.6 Å². The first-order valence-corrected chi connectivity index (χ1v) is 11.7. The van der Waals surface area contributed by atoms with Crippen LogP contribution in [0.2, 0.25) is 5.02 Å². The third kappa shape index (κ3) is 6.08. The number of aliphatic hydroxyl groups is 1. The minimum atomic E-state index is -1.08. The lowest BCUT2D eigenvalue weighted by Gasteiger charge is -2.19. The first kappa shape index (κ1) is 26.8. The van der Waals surface area contributed by atoms with E-state index < -0.39 is 25.2 Å². The van der Waals surface area contributed by atoms with Gasteiger partial charge < -0.3 is 15.2 Å². The van der Waals surface area contributed by atoms with Gasteiger partial charge in [-0.2, -0.15) is 0 Å². The van der Waals surface area contributed by atoms with Crippen molar-refractivity contribution in [3.8, 4) is 17.0 Å². The summed E-state index contributed by atoms with van der Waals surface area (Å²) in [4.78, 5) is 38.9. The summed E-state index contributed by atoms with van der Waals surface area (Å²) in [6, 6.07) is 5.11. The summed E-state index contributed by atoms with van der Waals surface area (Å²) in [5.41, 5.74) is 2.31. The number of ether oxygens (including phenoxy) is 1. The molecule has 0 aliphatic carbocycles. The van der Waals surface area contributed by atoms with Gasteiger partial charge in [-0.3, -0.25) is 14.5 Å². The van der Waals surface area contributed by atoms with Gasteiger partial charge in [0.2, 0.25) is 18.6 Å². The quantitative estimate of drug-likeness (QED) is 0.420. The fourth-order valence-electron chi connectivity index (χ4n) is 3.15. The number of carbonyl (C=O) groups excluding carboxylic acids is 2. The van der Waals surface area contributed by atoms with Crippen molar-refractivity contribution in [1.82, 2.24) is 20.3 Å². The average Bonchev–Trinajstić information content (AvgIpc) is 2.83. The van der Waals surface area contributed by atoms with Crippen molar-refractivity contribution in [2.45, 2.75) is 13.5 Å². The standard InChI is InChI=1S/C22H23ClFN5O4P2/c1-11-5-15(33-10-24)21(26-6-11)29(2)17(31)8-27-22(32)20-25-7-14(23)18(28-20)12-3-4-16(34)13(9-30)19(12)35/h3-7,30H,8-10,34-35H2,1-2H3,(H,27,32). The maximum absolute atomic E-state index is 12.7. The highest BCUT2D eigenvalue weighted by Crippen LogP contribution is 2.27. The SMILES string of the molecule is Cc1cnc(N(C)C(=O)CNC(=O)c2ncc(Cl)c(-c3ccc(P)c(CO)c3P)n2)c(OCF)c1. The predicted molar refractivity (Wildman–Crippen MR) is 138 cm³/mol. The van der Waals surface area contributed by atoms with Crippen LogP contribution in [0.5, 0.6) is 5.75 Å². The normalized spacial score (nSPS) is 10.7. The van der Waals surface area contributed by atoms with Gasteiger partial charge in [0.05, 0.1) is 30.1 Å². The van der Waals surface area contributed by atoms with Crippen LogP contribution in [0, 0.1) is 6.92 Å². The van der Waals surface area contributed by atoms with Crippen molar-refractivity contribution in [2.24, 2.45) is 0 Å². The topological polar surface area (TPSA) is 118 Å². The van der Waals surface area contributed by atoms with Crippen molar-refractivity contribution >= 4 is 58.3 Å². The molecule has 2 atom stereocenters. The van der Waals surface area contributed by atoms with Gasteiger partial charge in [-0.15, -0.1) is 18.5 Å². The van der Waals surface area contributed by atoms with Crippen molar-refractivity contribution in [3.63, 3.8) is 0 Å². The van der Waals surface area contributed by atoms with E-state index in [2.05, 4.69) is 38.7 Å². The summed E-state index contributed by atoms with van der Waals surface area (Å²) in [6.07, 6.45) is 2.80. The second-order valence-corrected chi connectivity index (χ2v) is 8.97. The molecule has 184 valence electrons. The molecule has 9 nitrogen and oxygen atoms in total. The van der Waals surface area contributed by atoms with E-state index in [9.17, 15) is 19.1 Å². The van der Waals surface area contributed by atoms with Gasteiger partial charge in [0.15, 0.2) is 11.6 Å².